The van der Waals surface area contributed by atoms with Gasteiger partial charge in [-0.1, -0.05) is 0 Å². The summed E-state index contributed by atoms with van der Waals surface area (Å²) >= 11 is 0. The van der Waals surface area contributed by atoms with Crippen LogP contribution in [0, 0.1) is 0 Å². The molecular weight excluding hydrogens is 716 g/mol. The lowest BCUT2D eigenvalue weighted by Crippen LogP contribution is -2.65. The van der Waals surface area contributed by atoms with Gasteiger partial charge in [-0.3, -0.25) is 14.4 Å². The Morgan fingerprint density at radius 3 is 1.81 bits per heavy atom. The zero-order valence-corrected chi connectivity index (χ0v) is 27.3. The van der Waals surface area contributed by atoms with E-state index in [4.69, 9.17) is 33.2 Å². The number of rotatable bonds is 16. The molecule has 0 aromatic carbocycles. The molecule has 4 aliphatic heterocycles. The molecule has 52 heavy (non-hydrogen) atoms. The van der Waals surface area contributed by atoms with Crippen LogP contribution in [0.4, 0.5) is 0 Å². The molecule has 298 valence electrons. The number of carbonyl (C=O) groups excluding carboxylic acids is 4. The lowest BCUT2D eigenvalue weighted by molar-refractivity contribution is -0.366. The summed E-state index contributed by atoms with van der Waals surface area (Å²) in [5, 5.41) is 105. The average molecular weight is 761 g/mol. The molecule has 4 fully saturated rings. The summed E-state index contributed by atoms with van der Waals surface area (Å²) in [5.74, 6) is -3.25. The van der Waals surface area contributed by atoms with Crippen LogP contribution in [-0.2, 0) is 57.2 Å². The minimum absolute atomic E-state index is 0.108. The summed E-state index contributed by atoms with van der Waals surface area (Å²) in [6.07, 6.45) is -26.0. The molecule has 3 amide bonds. The summed E-state index contributed by atoms with van der Waals surface area (Å²) in [5.41, 5.74) is 0. The van der Waals surface area contributed by atoms with E-state index in [0.717, 1.165) is 0 Å². The predicted molar refractivity (Wildman–Crippen MR) is 156 cm³/mol. The highest BCUT2D eigenvalue weighted by molar-refractivity contribution is 6.01. The molecule has 4 saturated heterocycles. The molecule has 0 radical (unpaired) electrons. The summed E-state index contributed by atoms with van der Waals surface area (Å²) < 4.78 is 37.7. The molecule has 24 nitrogen and oxygen atoms in total. The Bertz CT molecular complexity index is 1190. The number of amides is 3. The Labute approximate surface area is 293 Å². The number of hydroxylamine groups is 2. The Morgan fingerprint density at radius 2 is 1.21 bits per heavy atom. The maximum atomic E-state index is 12.2. The van der Waals surface area contributed by atoms with Crippen LogP contribution in [0.15, 0.2) is 0 Å². The molecule has 4 aliphatic rings. The number of nitrogens with zero attached hydrogens (tertiary/aromatic N) is 1. The maximum absolute atomic E-state index is 12.2. The van der Waals surface area contributed by atoms with Crippen molar-refractivity contribution >= 4 is 23.7 Å². The number of carbonyl (C=O) groups is 4. The fourth-order valence-electron chi connectivity index (χ4n) is 5.50. The molecule has 11 N–H and O–H groups in total. The Kier molecular flexibility index (Phi) is 15.5. The van der Waals surface area contributed by atoms with Gasteiger partial charge < -0.3 is 94.4 Å². The van der Waals surface area contributed by atoms with Crippen molar-refractivity contribution in [1.82, 2.24) is 10.4 Å². The van der Waals surface area contributed by atoms with E-state index in [1.54, 1.807) is 0 Å². The number of imide groups is 1. The summed E-state index contributed by atoms with van der Waals surface area (Å²) in [4.78, 5) is 51.6. The smallest absolute Gasteiger partial charge is 0.358 e. The summed E-state index contributed by atoms with van der Waals surface area (Å²) in [6.45, 7) is -4.30. The standard InChI is InChI=1S/C28H44N2O22/c31-5-10-17(37)20(40)22(42)26(48-10)47-7-12-19(39)25(51-28-23(43)21(41)18(38)11(6-32)49-28)24(44)27(50-12)46-4-3-29-13(33)8-45-9-16(36)52-30-14(34)1-2-15(30)35/h10-12,17-28,31-32,37-44H,1-9H2,(H,29,33)/t10-,11-,12-,17-,18-,19-,20+,21+,22+,23+,24+,25+,26+,27+,28-/m1/s1. The third-order valence-electron chi connectivity index (χ3n) is 8.41. The van der Waals surface area contributed by atoms with Gasteiger partial charge in [0.15, 0.2) is 18.9 Å². The second-order valence-corrected chi connectivity index (χ2v) is 12.1. The van der Waals surface area contributed by atoms with Crippen LogP contribution < -0.4 is 5.32 Å². The molecule has 0 unspecified atom stereocenters. The monoisotopic (exact) mass is 760 g/mol. The van der Waals surface area contributed by atoms with Gasteiger partial charge in [0, 0.05) is 19.4 Å². The quantitative estimate of drug-likeness (QED) is 0.0514. The Hall–Kier alpha value is -2.60. The van der Waals surface area contributed by atoms with Gasteiger partial charge in [-0.25, -0.2) is 4.79 Å². The first kappa shape index (κ1) is 42.1. The van der Waals surface area contributed by atoms with E-state index < -0.39 is 149 Å². The van der Waals surface area contributed by atoms with E-state index in [1.807, 2.05) is 0 Å². The van der Waals surface area contributed by atoms with Gasteiger partial charge in [0.05, 0.1) is 26.4 Å². The number of ether oxygens (including phenoxy) is 7. The van der Waals surface area contributed by atoms with Crippen molar-refractivity contribution in [2.24, 2.45) is 0 Å². The molecule has 4 rings (SSSR count). The zero-order valence-electron chi connectivity index (χ0n) is 27.3. The number of hydrogen-bond donors (Lipinski definition) is 11. The van der Waals surface area contributed by atoms with E-state index in [1.165, 1.54) is 0 Å². The van der Waals surface area contributed by atoms with Gasteiger partial charge in [0.1, 0.15) is 86.5 Å². The molecule has 0 saturated carbocycles. The van der Waals surface area contributed by atoms with Gasteiger partial charge in [-0.2, -0.15) is 0 Å². The number of aliphatic hydroxyl groups excluding tert-OH is 10. The average Bonchev–Trinajstić information content (AvgIpc) is 3.43. The van der Waals surface area contributed by atoms with Crippen molar-refractivity contribution in [2.45, 2.75) is 105 Å². The predicted octanol–water partition coefficient (Wildman–Crippen LogP) is -8.81. The molecule has 24 heteroatoms. The SMILES string of the molecule is O=C(COCC(=O)ON1C(=O)CCC1=O)NCCO[C@H]1O[C@H](CO[C@H]2O[C@H](CO)[C@@H](O)[C@H](O)[C@@H]2O)[C@@H](O)[C@H](O[C@H]2O[C@H](CO)[C@@H](O)[C@H](O)[C@@H]2O)[C@@H]1O. The molecule has 0 aliphatic carbocycles. The Morgan fingerprint density at radius 1 is 0.673 bits per heavy atom. The zero-order chi connectivity index (χ0) is 38.3. The first-order valence-corrected chi connectivity index (χ1v) is 16.1. The fraction of sp³-hybridized carbons (Fsp3) is 0.857. The number of nitrogens with one attached hydrogen (secondary N) is 1. The Balaban J connectivity index is 1.33. The molecule has 0 spiro atoms. The van der Waals surface area contributed by atoms with Crippen molar-refractivity contribution in [3.8, 4) is 0 Å². The molecule has 15 atom stereocenters. The largest absolute Gasteiger partial charge is 0.394 e. The van der Waals surface area contributed by atoms with E-state index in [2.05, 4.69) is 10.2 Å². The fourth-order valence-corrected chi connectivity index (χ4v) is 5.50. The minimum Gasteiger partial charge on any atom is -0.394 e. The van der Waals surface area contributed by atoms with Crippen LogP contribution in [0.25, 0.3) is 0 Å². The second-order valence-electron chi connectivity index (χ2n) is 12.1. The highest BCUT2D eigenvalue weighted by Crippen LogP contribution is 2.31. The van der Waals surface area contributed by atoms with E-state index >= 15 is 0 Å². The van der Waals surface area contributed by atoms with E-state index in [0.29, 0.717) is 5.06 Å². The molecule has 0 bridgehead atoms. The molecule has 0 aromatic heterocycles. The highest BCUT2D eigenvalue weighted by Gasteiger charge is 2.52. The minimum atomic E-state index is -1.94. The second kappa shape index (κ2) is 19.1. The maximum Gasteiger partial charge on any atom is 0.358 e. The van der Waals surface area contributed by atoms with Gasteiger partial charge in [-0.05, 0) is 0 Å². The van der Waals surface area contributed by atoms with Gasteiger partial charge in [-0.15, -0.1) is 5.06 Å². The highest BCUT2D eigenvalue weighted by atomic mass is 16.8. The van der Waals surface area contributed by atoms with Crippen LogP contribution in [0.5, 0.6) is 0 Å². The lowest BCUT2D eigenvalue weighted by atomic mass is 9.96. The number of aliphatic hydroxyl groups is 10. The van der Waals surface area contributed by atoms with Crippen molar-refractivity contribution in [1.29, 1.82) is 0 Å². The van der Waals surface area contributed by atoms with Crippen LogP contribution in [-0.4, -0.2) is 218 Å². The summed E-state index contributed by atoms with van der Waals surface area (Å²) in [6, 6.07) is 0. The van der Waals surface area contributed by atoms with Crippen LogP contribution in [0.2, 0.25) is 0 Å². The van der Waals surface area contributed by atoms with Crippen molar-refractivity contribution in [2.75, 3.05) is 46.2 Å². The van der Waals surface area contributed by atoms with Gasteiger partial charge >= 0.3 is 5.97 Å². The molecule has 4 heterocycles. The molecular formula is C28H44N2O22. The molecule has 0 aromatic rings. The van der Waals surface area contributed by atoms with Crippen molar-refractivity contribution in [3.63, 3.8) is 0 Å². The van der Waals surface area contributed by atoms with E-state index in [9.17, 15) is 70.2 Å². The topological polar surface area (TPSA) is 360 Å². The normalized spacial score (nSPS) is 39.8. The van der Waals surface area contributed by atoms with Crippen LogP contribution in [0.1, 0.15) is 12.8 Å². The van der Waals surface area contributed by atoms with Crippen LogP contribution in [0.3, 0.4) is 0 Å². The first-order chi connectivity index (χ1) is 24.7. The lowest BCUT2D eigenvalue weighted by Gasteiger charge is -2.46. The number of hydrogen-bond acceptors (Lipinski definition) is 22. The third-order valence-corrected chi connectivity index (χ3v) is 8.41. The van der Waals surface area contributed by atoms with Gasteiger partial charge in [0.25, 0.3) is 11.8 Å². The van der Waals surface area contributed by atoms with Crippen LogP contribution >= 0.6 is 0 Å². The van der Waals surface area contributed by atoms with Crippen molar-refractivity contribution < 1.29 is 108 Å². The summed E-state index contributed by atoms with van der Waals surface area (Å²) in [7, 11) is 0. The third kappa shape index (κ3) is 10.1. The van der Waals surface area contributed by atoms with Gasteiger partial charge in [0.2, 0.25) is 5.91 Å². The first-order valence-electron chi connectivity index (χ1n) is 16.1. The van der Waals surface area contributed by atoms with E-state index in [-0.39, 0.29) is 26.0 Å². The van der Waals surface area contributed by atoms with Crippen molar-refractivity contribution in [3.05, 3.63) is 0 Å².